The van der Waals surface area contributed by atoms with E-state index >= 15 is 0 Å². The number of hydrogen-bond acceptors (Lipinski definition) is 9. The van der Waals surface area contributed by atoms with Gasteiger partial charge in [0, 0.05) is 12.1 Å². The number of ether oxygens (including phenoxy) is 2. The Morgan fingerprint density at radius 3 is 2.52 bits per heavy atom. The molecule has 3 rings (SSSR count). The maximum absolute atomic E-state index is 14.4. The number of benzene rings is 1. The molecular weight excluding hydrogens is 591 g/mol. The van der Waals surface area contributed by atoms with E-state index in [0.29, 0.717) is 24.9 Å². The summed E-state index contributed by atoms with van der Waals surface area (Å²) in [4.78, 5) is 55.5. The van der Waals surface area contributed by atoms with Crippen LogP contribution < -0.4 is 16.6 Å². The molecule has 0 aliphatic rings. The fourth-order valence-corrected chi connectivity index (χ4v) is 6.19. The molecule has 2 atom stereocenters. The van der Waals surface area contributed by atoms with Gasteiger partial charge in [0.15, 0.2) is 0 Å². The maximum atomic E-state index is 14.4. The van der Waals surface area contributed by atoms with Crippen molar-refractivity contribution in [2.45, 2.75) is 84.9 Å². The van der Waals surface area contributed by atoms with E-state index in [2.05, 4.69) is 5.32 Å². The Balaban J connectivity index is 2.43. The van der Waals surface area contributed by atoms with E-state index in [1.807, 2.05) is 19.9 Å². The number of nitrogens with zero attached hydrogens (tertiary/aromatic N) is 3. The molecule has 3 aromatic rings. The predicted molar refractivity (Wildman–Crippen MR) is 165 cm³/mol. The number of carbonyl (C=O) groups excluding carboxylic acids is 2. The van der Waals surface area contributed by atoms with Crippen molar-refractivity contribution in [2.75, 3.05) is 19.8 Å². The van der Waals surface area contributed by atoms with E-state index in [4.69, 9.17) is 14.7 Å². The molecule has 1 aromatic carbocycles. The first kappa shape index (κ1) is 34.5. The van der Waals surface area contributed by atoms with Crippen molar-refractivity contribution in [1.82, 2.24) is 14.5 Å². The summed E-state index contributed by atoms with van der Waals surface area (Å²) >= 11 is 0.914. The van der Waals surface area contributed by atoms with E-state index in [1.165, 1.54) is 11.5 Å². The largest absolute Gasteiger partial charge is 0.508 e. The topological polar surface area (TPSA) is 153 Å². The number of esters is 1. The lowest BCUT2D eigenvalue weighted by molar-refractivity contribution is -0.129. The normalized spacial score (nSPS) is 13.3. The molecule has 2 heterocycles. The Labute approximate surface area is 258 Å². The van der Waals surface area contributed by atoms with E-state index in [0.717, 1.165) is 34.1 Å². The first-order chi connectivity index (χ1) is 21.0. The van der Waals surface area contributed by atoms with Gasteiger partial charge in [-0.15, -0.1) is 11.3 Å². The zero-order valence-electron chi connectivity index (χ0n) is 25.7. The minimum absolute atomic E-state index is 0.0196. The molecule has 0 aliphatic carbocycles. The van der Waals surface area contributed by atoms with Crippen LogP contribution in [0, 0.1) is 17.1 Å². The number of phenols is 1. The van der Waals surface area contributed by atoms with Crippen molar-refractivity contribution in [1.29, 1.82) is 5.26 Å². The third-order valence-electron chi connectivity index (χ3n) is 7.47. The number of phenolic OH excluding ortho intramolecular Hbond substituents is 1. The van der Waals surface area contributed by atoms with Gasteiger partial charge in [0.05, 0.1) is 37.6 Å². The number of nitriles is 1. The molecule has 2 aromatic heterocycles. The smallest absolute Gasteiger partial charge is 0.348 e. The number of carbonyl (C=O) groups is 2. The molecular formula is C31H39FN4O7S. The minimum atomic E-state index is -1.60. The van der Waals surface area contributed by atoms with Crippen LogP contribution >= 0.6 is 11.3 Å². The maximum Gasteiger partial charge on any atom is 0.348 e. The van der Waals surface area contributed by atoms with Gasteiger partial charge >= 0.3 is 11.7 Å². The second-order valence-electron chi connectivity index (χ2n) is 10.5. The molecule has 44 heavy (non-hydrogen) atoms. The summed E-state index contributed by atoms with van der Waals surface area (Å²) in [6.45, 7) is 8.74. The highest BCUT2D eigenvalue weighted by Gasteiger charge is 2.39. The average Bonchev–Trinajstić information content (AvgIpc) is 3.41. The first-order valence-electron chi connectivity index (χ1n) is 14.7. The molecule has 0 saturated heterocycles. The fraction of sp³-hybridized carbons (Fsp3) is 0.516. The summed E-state index contributed by atoms with van der Waals surface area (Å²) < 4.78 is 27.8. The van der Waals surface area contributed by atoms with E-state index in [1.54, 1.807) is 13.8 Å². The average molecular weight is 631 g/mol. The first-order valence-corrected chi connectivity index (χ1v) is 15.6. The Hall–Kier alpha value is -4.02. The zero-order valence-corrected chi connectivity index (χ0v) is 26.5. The Morgan fingerprint density at radius 2 is 1.91 bits per heavy atom. The molecule has 13 heteroatoms. The minimum Gasteiger partial charge on any atom is -0.508 e. The van der Waals surface area contributed by atoms with E-state index < -0.39 is 40.6 Å². The molecule has 2 N–H and O–H groups in total. The number of hydrogen-bond donors (Lipinski definition) is 2. The standard InChI is InChI=1S/C31H39FN4O7S/c1-6-14-34-29(40)31(5,9-4)36-26(38)24-20(8-3)25(28(39)43-15-7-2)44-27(24)35(30(36)41)18-23(42-16-10-13-33)21-17-19(32)11-12-22(21)37/h11-12,17,23,37H,6-10,14-16,18H2,1-5H3,(H,34,40)/t23-,31?/m0/s1. The summed E-state index contributed by atoms with van der Waals surface area (Å²) in [5.74, 6) is -2.12. The van der Waals surface area contributed by atoms with Crippen LogP contribution in [0.5, 0.6) is 5.75 Å². The molecule has 238 valence electrons. The summed E-state index contributed by atoms with van der Waals surface area (Å²) in [7, 11) is 0. The third kappa shape index (κ3) is 6.87. The van der Waals surface area contributed by atoms with Gasteiger partial charge in [0.1, 0.15) is 32.9 Å². The van der Waals surface area contributed by atoms with Gasteiger partial charge in [-0.2, -0.15) is 5.26 Å². The third-order valence-corrected chi connectivity index (χ3v) is 8.71. The number of aromatic nitrogens is 2. The van der Waals surface area contributed by atoms with Gasteiger partial charge in [0.2, 0.25) is 5.91 Å². The summed E-state index contributed by atoms with van der Waals surface area (Å²) in [6.07, 6.45) is 0.394. The lowest BCUT2D eigenvalue weighted by atomic mass is 9.96. The number of aromatic hydroxyl groups is 1. The molecule has 0 fully saturated rings. The number of nitrogens with one attached hydrogen (secondary N) is 1. The highest BCUT2D eigenvalue weighted by atomic mass is 32.1. The van der Waals surface area contributed by atoms with Crippen molar-refractivity contribution >= 4 is 33.4 Å². The SMILES string of the molecule is CCCNC(=O)C(C)(CC)n1c(=O)c2c(CC)c(C(=O)OCCC)sc2n(C[C@H](OCCC#N)c2cc(F)ccc2O)c1=O. The molecule has 0 aliphatic heterocycles. The lowest BCUT2D eigenvalue weighted by Gasteiger charge is -2.30. The van der Waals surface area contributed by atoms with Gasteiger partial charge in [0.25, 0.3) is 5.56 Å². The lowest BCUT2D eigenvalue weighted by Crippen LogP contribution is -2.57. The van der Waals surface area contributed by atoms with Gasteiger partial charge < -0.3 is 19.9 Å². The quantitative estimate of drug-likeness (QED) is 0.184. The molecule has 0 spiro atoms. The Kier molecular flexibility index (Phi) is 11.8. The number of amides is 1. The van der Waals surface area contributed by atoms with Crippen LogP contribution in [-0.2, 0) is 32.8 Å². The van der Waals surface area contributed by atoms with Gasteiger partial charge in [-0.05, 0) is 56.4 Å². The molecule has 1 unspecified atom stereocenters. The van der Waals surface area contributed by atoms with Crippen molar-refractivity contribution in [2.24, 2.45) is 0 Å². The second-order valence-corrected chi connectivity index (χ2v) is 11.5. The highest BCUT2D eigenvalue weighted by Crippen LogP contribution is 2.34. The van der Waals surface area contributed by atoms with Crippen molar-refractivity contribution in [3.8, 4) is 11.8 Å². The molecule has 0 radical (unpaired) electrons. The molecule has 11 nitrogen and oxygen atoms in total. The highest BCUT2D eigenvalue weighted by molar-refractivity contribution is 7.20. The van der Waals surface area contributed by atoms with Crippen LogP contribution in [0.15, 0.2) is 27.8 Å². The van der Waals surface area contributed by atoms with Gasteiger partial charge in [-0.25, -0.2) is 18.5 Å². The summed E-state index contributed by atoms with van der Waals surface area (Å²) in [6, 6.07) is 5.24. The molecule has 0 bridgehead atoms. The number of rotatable bonds is 15. The predicted octanol–water partition coefficient (Wildman–Crippen LogP) is 4.52. The number of fused-ring (bicyclic) bond motifs is 1. The monoisotopic (exact) mass is 630 g/mol. The van der Waals surface area contributed by atoms with Crippen LogP contribution in [-0.4, -0.2) is 45.9 Å². The summed E-state index contributed by atoms with van der Waals surface area (Å²) in [5.41, 5.74) is -2.78. The van der Waals surface area contributed by atoms with Crippen LogP contribution in [0.2, 0.25) is 0 Å². The zero-order chi connectivity index (χ0) is 32.6. The van der Waals surface area contributed by atoms with E-state index in [9.17, 15) is 28.7 Å². The van der Waals surface area contributed by atoms with Crippen molar-refractivity contribution < 1.29 is 28.6 Å². The molecule has 1 amide bonds. The number of halogens is 1. The van der Waals surface area contributed by atoms with Crippen molar-refractivity contribution in [3.05, 3.63) is 60.9 Å². The van der Waals surface area contributed by atoms with Gasteiger partial charge in [-0.1, -0.05) is 27.7 Å². The number of aryl methyl sites for hydroxylation is 1. The Morgan fingerprint density at radius 1 is 1.18 bits per heavy atom. The van der Waals surface area contributed by atoms with E-state index in [-0.39, 0.29) is 65.4 Å². The van der Waals surface area contributed by atoms with Crippen LogP contribution in [0.4, 0.5) is 4.39 Å². The van der Waals surface area contributed by atoms with Crippen LogP contribution in [0.25, 0.3) is 10.2 Å². The van der Waals surface area contributed by atoms with Crippen LogP contribution in [0.3, 0.4) is 0 Å². The molecule has 0 saturated carbocycles. The summed E-state index contributed by atoms with van der Waals surface area (Å²) in [5, 5.41) is 22.6. The fourth-order valence-electron chi connectivity index (χ4n) is 4.91. The second kappa shape index (κ2) is 15.1. The number of thiophene rings is 1. The van der Waals surface area contributed by atoms with Gasteiger partial charge in [-0.3, -0.25) is 14.2 Å². The van der Waals surface area contributed by atoms with Crippen LogP contribution in [0.1, 0.15) is 87.2 Å². The Bertz CT molecular complexity index is 1670. The van der Waals surface area contributed by atoms with Crippen molar-refractivity contribution in [3.63, 3.8) is 0 Å².